The first-order chi connectivity index (χ1) is 14.5. The van der Waals surface area contributed by atoms with E-state index in [4.69, 9.17) is 0 Å². The van der Waals surface area contributed by atoms with Gasteiger partial charge in [-0.25, -0.2) is 0 Å². The Morgan fingerprint density at radius 1 is 1.13 bits per heavy atom. The number of fused-ring (bicyclic) bond motifs is 1. The largest absolute Gasteiger partial charge is 0.336 e. The maximum Gasteiger partial charge on any atom is 0.269 e. The third kappa shape index (κ3) is 4.63. The highest BCUT2D eigenvalue weighted by Crippen LogP contribution is 2.32. The van der Waals surface area contributed by atoms with Gasteiger partial charge < -0.3 is 10.2 Å². The lowest BCUT2D eigenvalue weighted by atomic mass is 10.1. The van der Waals surface area contributed by atoms with E-state index >= 15 is 0 Å². The number of anilines is 1. The summed E-state index contributed by atoms with van der Waals surface area (Å²) in [5, 5.41) is 13.8. The maximum atomic E-state index is 13.0. The van der Waals surface area contributed by atoms with Crippen molar-refractivity contribution < 1.29 is 14.5 Å². The average Bonchev–Trinajstić information content (AvgIpc) is 2.93. The van der Waals surface area contributed by atoms with Gasteiger partial charge in [0.05, 0.1) is 10.6 Å². The molecule has 2 heterocycles. The van der Waals surface area contributed by atoms with E-state index < -0.39 is 0 Å². The quantitative estimate of drug-likeness (QED) is 0.597. The Kier molecular flexibility index (Phi) is 6.01. The SMILES string of the molecule is O=C1CCSc2ccc(C(=O)N3CCN(Cc4cccc([N+](=O)[O-])c4)CC3)cc2N1. The molecular weight excluding hydrogens is 404 g/mol. The molecule has 0 atom stereocenters. The third-order valence-corrected chi connectivity index (χ3v) is 6.35. The van der Waals surface area contributed by atoms with Crippen molar-refractivity contribution in [3.05, 3.63) is 63.7 Å². The summed E-state index contributed by atoms with van der Waals surface area (Å²) in [7, 11) is 0. The van der Waals surface area contributed by atoms with Crippen LogP contribution in [0.3, 0.4) is 0 Å². The second kappa shape index (κ2) is 8.85. The number of amides is 2. The number of nitro benzene ring substituents is 1. The first-order valence-electron chi connectivity index (χ1n) is 9.81. The number of carbonyl (C=O) groups excluding carboxylic acids is 2. The molecule has 0 spiro atoms. The molecule has 30 heavy (non-hydrogen) atoms. The van der Waals surface area contributed by atoms with Gasteiger partial charge in [-0.15, -0.1) is 11.8 Å². The van der Waals surface area contributed by atoms with Crippen molar-refractivity contribution >= 4 is 35.0 Å². The first kappa shape index (κ1) is 20.4. The zero-order chi connectivity index (χ0) is 21.1. The molecular formula is C21H22N4O4S. The highest BCUT2D eigenvalue weighted by Gasteiger charge is 2.24. The van der Waals surface area contributed by atoms with Crippen molar-refractivity contribution in [3.63, 3.8) is 0 Å². The van der Waals surface area contributed by atoms with Gasteiger partial charge >= 0.3 is 0 Å². The summed E-state index contributed by atoms with van der Waals surface area (Å²) in [6.45, 7) is 3.20. The Morgan fingerprint density at radius 2 is 1.93 bits per heavy atom. The number of carbonyl (C=O) groups is 2. The fourth-order valence-electron chi connectivity index (χ4n) is 3.67. The average molecular weight is 426 g/mol. The van der Waals surface area contributed by atoms with Crippen molar-refractivity contribution in [2.24, 2.45) is 0 Å². The second-order valence-corrected chi connectivity index (χ2v) is 8.49. The highest BCUT2D eigenvalue weighted by molar-refractivity contribution is 7.99. The molecule has 1 fully saturated rings. The number of thioether (sulfide) groups is 1. The minimum atomic E-state index is -0.387. The van der Waals surface area contributed by atoms with Gasteiger partial charge in [0.2, 0.25) is 5.91 Å². The molecule has 0 bridgehead atoms. The number of hydrogen-bond donors (Lipinski definition) is 1. The van der Waals surface area contributed by atoms with Gasteiger partial charge in [-0.3, -0.25) is 24.6 Å². The van der Waals surface area contributed by atoms with Crippen LogP contribution in [0.2, 0.25) is 0 Å². The molecule has 1 N–H and O–H groups in total. The fraction of sp³-hybridized carbons (Fsp3) is 0.333. The molecule has 0 unspecified atom stereocenters. The Morgan fingerprint density at radius 3 is 2.70 bits per heavy atom. The van der Waals surface area contributed by atoms with Crippen molar-refractivity contribution in [1.82, 2.24) is 9.80 Å². The minimum absolute atomic E-state index is 0.0272. The van der Waals surface area contributed by atoms with Crippen LogP contribution in [0.1, 0.15) is 22.3 Å². The van der Waals surface area contributed by atoms with E-state index in [0.29, 0.717) is 50.4 Å². The molecule has 4 rings (SSSR count). The summed E-state index contributed by atoms with van der Waals surface area (Å²) in [6.07, 6.45) is 0.467. The summed E-state index contributed by atoms with van der Waals surface area (Å²) in [5.74, 6) is 0.662. The van der Waals surface area contributed by atoms with Crippen LogP contribution in [-0.4, -0.2) is 58.5 Å². The van der Waals surface area contributed by atoms with E-state index in [-0.39, 0.29) is 22.4 Å². The monoisotopic (exact) mass is 426 g/mol. The number of rotatable bonds is 4. The van der Waals surface area contributed by atoms with Crippen LogP contribution in [0.15, 0.2) is 47.4 Å². The van der Waals surface area contributed by atoms with Crippen LogP contribution in [-0.2, 0) is 11.3 Å². The van der Waals surface area contributed by atoms with Gasteiger partial charge in [0.1, 0.15) is 0 Å². The van der Waals surface area contributed by atoms with E-state index in [1.165, 1.54) is 6.07 Å². The molecule has 9 heteroatoms. The number of nitrogens with one attached hydrogen (secondary N) is 1. The summed E-state index contributed by atoms with van der Waals surface area (Å²) >= 11 is 1.62. The van der Waals surface area contributed by atoms with Crippen LogP contribution < -0.4 is 5.32 Å². The van der Waals surface area contributed by atoms with Gasteiger partial charge in [0, 0.05) is 67.5 Å². The molecule has 0 radical (unpaired) electrons. The number of non-ortho nitro benzene ring substituents is 1. The predicted molar refractivity (Wildman–Crippen MR) is 115 cm³/mol. The number of nitrogens with zero attached hydrogens (tertiary/aromatic N) is 3. The molecule has 1 saturated heterocycles. The predicted octanol–water partition coefficient (Wildman–Crippen LogP) is 2.99. The minimum Gasteiger partial charge on any atom is -0.336 e. The molecule has 2 aliphatic heterocycles. The van der Waals surface area contributed by atoms with Crippen molar-refractivity contribution in [3.8, 4) is 0 Å². The topological polar surface area (TPSA) is 95.8 Å². The van der Waals surface area contributed by atoms with Crippen LogP contribution in [0.25, 0.3) is 0 Å². The zero-order valence-electron chi connectivity index (χ0n) is 16.4. The van der Waals surface area contributed by atoms with Crippen LogP contribution in [0.4, 0.5) is 11.4 Å². The first-order valence-corrected chi connectivity index (χ1v) is 10.8. The number of hydrogen-bond acceptors (Lipinski definition) is 6. The fourth-order valence-corrected chi connectivity index (χ4v) is 4.61. The van der Waals surface area contributed by atoms with Crippen molar-refractivity contribution in [2.75, 3.05) is 37.2 Å². The normalized spacial score (nSPS) is 17.1. The summed E-state index contributed by atoms with van der Waals surface area (Å²) in [5.41, 5.74) is 2.26. The van der Waals surface area contributed by atoms with Gasteiger partial charge in [0.15, 0.2) is 0 Å². The molecule has 8 nitrogen and oxygen atoms in total. The summed E-state index contributed by atoms with van der Waals surface area (Å²) in [6, 6.07) is 12.2. The lowest BCUT2D eigenvalue weighted by Gasteiger charge is -2.34. The molecule has 0 saturated carbocycles. The van der Waals surface area contributed by atoms with Crippen molar-refractivity contribution in [2.45, 2.75) is 17.9 Å². The molecule has 156 valence electrons. The van der Waals surface area contributed by atoms with Gasteiger partial charge in [0.25, 0.3) is 11.6 Å². The number of nitro groups is 1. The third-order valence-electron chi connectivity index (χ3n) is 5.27. The molecule has 0 aromatic heterocycles. The van der Waals surface area contributed by atoms with Crippen molar-refractivity contribution in [1.29, 1.82) is 0 Å². The molecule has 2 aliphatic rings. The van der Waals surface area contributed by atoms with E-state index in [1.807, 2.05) is 23.1 Å². The number of benzene rings is 2. The van der Waals surface area contributed by atoms with E-state index in [0.717, 1.165) is 16.2 Å². The van der Waals surface area contributed by atoms with E-state index in [9.17, 15) is 19.7 Å². The van der Waals surface area contributed by atoms with E-state index in [2.05, 4.69) is 10.2 Å². The lowest BCUT2D eigenvalue weighted by molar-refractivity contribution is -0.384. The lowest BCUT2D eigenvalue weighted by Crippen LogP contribution is -2.48. The van der Waals surface area contributed by atoms with Crippen LogP contribution >= 0.6 is 11.8 Å². The Balaban J connectivity index is 1.37. The Bertz CT molecular complexity index is 989. The summed E-state index contributed by atoms with van der Waals surface area (Å²) in [4.78, 5) is 40.3. The van der Waals surface area contributed by atoms with Crippen LogP contribution in [0.5, 0.6) is 0 Å². The zero-order valence-corrected chi connectivity index (χ0v) is 17.2. The highest BCUT2D eigenvalue weighted by atomic mass is 32.2. The van der Waals surface area contributed by atoms with E-state index in [1.54, 1.807) is 30.0 Å². The number of piperazine rings is 1. The Labute approximate surface area is 178 Å². The second-order valence-electron chi connectivity index (χ2n) is 7.35. The molecule has 2 aromatic rings. The Hall–Kier alpha value is -2.91. The summed E-state index contributed by atoms with van der Waals surface area (Å²) < 4.78 is 0. The molecule has 2 amide bonds. The van der Waals surface area contributed by atoms with Gasteiger partial charge in [-0.05, 0) is 23.8 Å². The maximum absolute atomic E-state index is 13.0. The standard InChI is InChI=1S/C21H22N4O4S/c26-20-6-11-30-19-5-4-16(13-18(19)22-20)21(27)24-9-7-23(8-10-24)14-15-2-1-3-17(12-15)25(28)29/h1-5,12-13H,6-11,14H2,(H,22,26). The smallest absolute Gasteiger partial charge is 0.269 e. The molecule has 0 aliphatic carbocycles. The van der Waals surface area contributed by atoms with Gasteiger partial charge in [-0.1, -0.05) is 12.1 Å². The van der Waals surface area contributed by atoms with Gasteiger partial charge in [-0.2, -0.15) is 0 Å². The van der Waals surface area contributed by atoms with Crippen LogP contribution in [0, 0.1) is 10.1 Å². The molecule has 2 aromatic carbocycles.